The minimum Gasteiger partial charge on any atom is -0.497 e. The normalized spacial score (nSPS) is 23.8. The predicted molar refractivity (Wildman–Crippen MR) is 60.7 cm³/mol. The van der Waals surface area contributed by atoms with Gasteiger partial charge in [-0.2, -0.15) is 0 Å². The Balaban J connectivity index is 2.19. The predicted octanol–water partition coefficient (Wildman–Crippen LogP) is 1.43. The van der Waals surface area contributed by atoms with Crippen LogP contribution < -0.4 is 4.74 Å². The fraction of sp³-hybridized carbons (Fsp3) is 0.417. The van der Waals surface area contributed by atoms with Gasteiger partial charge < -0.3 is 14.7 Å². The summed E-state index contributed by atoms with van der Waals surface area (Å²) >= 11 is 0. The van der Waals surface area contributed by atoms with Crippen molar-refractivity contribution in [1.29, 1.82) is 0 Å². The molecular formula is C12H15NO3. The first-order valence-corrected chi connectivity index (χ1v) is 5.25. The number of ether oxygens (including phenoxy) is 1. The van der Waals surface area contributed by atoms with Crippen LogP contribution in [0.3, 0.4) is 0 Å². The molecule has 1 heterocycles. The van der Waals surface area contributed by atoms with Crippen molar-refractivity contribution in [1.82, 2.24) is 0 Å². The van der Waals surface area contributed by atoms with Crippen molar-refractivity contribution in [2.75, 3.05) is 13.7 Å². The second-order valence-corrected chi connectivity index (χ2v) is 3.82. The number of nitrogens with zero attached hydrogens (tertiary/aromatic N) is 1. The smallest absolute Gasteiger partial charge is 0.158 e. The third kappa shape index (κ3) is 1.88. The lowest BCUT2D eigenvalue weighted by atomic mass is 9.94. The molecule has 0 unspecified atom stereocenters. The SMILES string of the molecule is COc1ccc(C2=NO[C@H](CO)[C@H]2C)cc1. The minimum atomic E-state index is -0.225. The van der Waals surface area contributed by atoms with Crippen molar-refractivity contribution in [2.45, 2.75) is 13.0 Å². The number of hydrogen-bond acceptors (Lipinski definition) is 4. The van der Waals surface area contributed by atoms with E-state index in [0.29, 0.717) is 0 Å². The Bertz CT molecular complexity index is 386. The summed E-state index contributed by atoms with van der Waals surface area (Å²) < 4.78 is 5.09. The van der Waals surface area contributed by atoms with Crippen LogP contribution in [0.25, 0.3) is 0 Å². The Kier molecular flexibility index (Phi) is 3.10. The lowest BCUT2D eigenvalue weighted by Gasteiger charge is -2.11. The first-order valence-electron chi connectivity index (χ1n) is 5.25. The van der Waals surface area contributed by atoms with Crippen LogP contribution in [0.1, 0.15) is 12.5 Å². The number of hydrogen-bond donors (Lipinski definition) is 1. The maximum Gasteiger partial charge on any atom is 0.158 e. The van der Waals surface area contributed by atoms with Gasteiger partial charge >= 0.3 is 0 Å². The van der Waals surface area contributed by atoms with E-state index in [9.17, 15) is 0 Å². The monoisotopic (exact) mass is 221 g/mol. The molecule has 0 saturated carbocycles. The molecule has 2 atom stereocenters. The van der Waals surface area contributed by atoms with Crippen LogP contribution in [0, 0.1) is 5.92 Å². The first-order chi connectivity index (χ1) is 7.76. The molecule has 4 heteroatoms. The van der Waals surface area contributed by atoms with Gasteiger partial charge in [-0.3, -0.25) is 0 Å². The molecule has 0 saturated heterocycles. The van der Waals surface area contributed by atoms with E-state index in [2.05, 4.69) is 5.16 Å². The van der Waals surface area contributed by atoms with Crippen molar-refractivity contribution in [3.63, 3.8) is 0 Å². The summed E-state index contributed by atoms with van der Waals surface area (Å²) in [6.07, 6.45) is -0.225. The molecule has 2 rings (SSSR count). The number of methoxy groups -OCH3 is 1. The van der Waals surface area contributed by atoms with Gasteiger partial charge in [0.25, 0.3) is 0 Å². The molecule has 0 radical (unpaired) electrons. The van der Waals surface area contributed by atoms with Gasteiger partial charge in [0.05, 0.1) is 19.4 Å². The van der Waals surface area contributed by atoms with Crippen LogP contribution >= 0.6 is 0 Å². The molecule has 0 aromatic heterocycles. The standard InChI is InChI=1S/C12H15NO3/c1-8-11(7-14)16-13-12(8)9-3-5-10(15-2)6-4-9/h3-6,8,11,14H,7H2,1-2H3/t8-,11-/m1/s1. The lowest BCUT2D eigenvalue weighted by Crippen LogP contribution is -2.24. The van der Waals surface area contributed by atoms with Gasteiger partial charge in [0.15, 0.2) is 6.10 Å². The number of oxime groups is 1. The Labute approximate surface area is 94.5 Å². The topological polar surface area (TPSA) is 51.0 Å². The fourth-order valence-corrected chi connectivity index (χ4v) is 1.74. The highest BCUT2D eigenvalue weighted by atomic mass is 16.6. The van der Waals surface area contributed by atoms with E-state index in [-0.39, 0.29) is 18.6 Å². The molecule has 4 nitrogen and oxygen atoms in total. The van der Waals surface area contributed by atoms with E-state index >= 15 is 0 Å². The largest absolute Gasteiger partial charge is 0.497 e. The molecule has 16 heavy (non-hydrogen) atoms. The van der Waals surface area contributed by atoms with Crippen LogP contribution in [0.4, 0.5) is 0 Å². The van der Waals surface area contributed by atoms with Gasteiger partial charge in [-0.25, -0.2) is 0 Å². The summed E-state index contributed by atoms with van der Waals surface area (Å²) in [5, 5.41) is 13.1. The lowest BCUT2D eigenvalue weighted by molar-refractivity contribution is 0.0211. The van der Waals surface area contributed by atoms with Crippen molar-refractivity contribution in [3.8, 4) is 5.75 Å². The van der Waals surface area contributed by atoms with E-state index in [1.807, 2.05) is 31.2 Å². The average Bonchev–Trinajstić information content (AvgIpc) is 2.70. The van der Waals surface area contributed by atoms with Crippen molar-refractivity contribution >= 4 is 5.71 Å². The molecule has 1 N–H and O–H groups in total. The third-order valence-corrected chi connectivity index (χ3v) is 2.84. The average molecular weight is 221 g/mol. The number of aliphatic hydroxyl groups excluding tert-OH is 1. The van der Waals surface area contributed by atoms with E-state index in [4.69, 9.17) is 14.7 Å². The van der Waals surface area contributed by atoms with Gasteiger partial charge in [0.2, 0.25) is 0 Å². The molecule has 1 aromatic rings. The van der Waals surface area contributed by atoms with Gasteiger partial charge in [-0.05, 0) is 29.8 Å². The molecular weight excluding hydrogens is 206 g/mol. The Morgan fingerprint density at radius 3 is 2.56 bits per heavy atom. The quantitative estimate of drug-likeness (QED) is 0.840. The Morgan fingerprint density at radius 1 is 1.38 bits per heavy atom. The van der Waals surface area contributed by atoms with Gasteiger partial charge in [0.1, 0.15) is 5.75 Å². The zero-order valence-electron chi connectivity index (χ0n) is 9.38. The minimum absolute atomic E-state index is 0.00960. The second kappa shape index (κ2) is 4.53. The van der Waals surface area contributed by atoms with E-state index in [1.54, 1.807) is 7.11 Å². The molecule has 1 aromatic carbocycles. The molecule has 0 aliphatic carbocycles. The maximum absolute atomic E-state index is 9.06. The fourth-order valence-electron chi connectivity index (χ4n) is 1.74. The van der Waals surface area contributed by atoms with Crippen molar-refractivity contribution in [2.24, 2.45) is 11.1 Å². The summed E-state index contributed by atoms with van der Waals surface area (Å²) in [6.45, 7) is 1.99. The van der Waals surface area contributed by atoms with Crippen LogP contribution in [0.5, 0.6) is 5.75 Å². The molecule has 0 bridgehead atoms. The van der Waals surface area contributed by atoms with Gasteiger partial charge in [0, 0.05) is 5.92 Å². The highest BCUT2D eigenvalue weighted by Crippen LogP contribution is 2.23. The molecule has 0 amide bonds. The third-order valence-electron chi connectivity index (χ3n) is 2.84. The summed E-state index contributed by atoms with van der Waals surface area (Å²) in [5.41, 5.74) is 1.88. The maximum atomic E-state index is 9.06. The van der Waals surface area contributed by atoms with Crippen LogP contribution in [-0.2, 0) is 4.84 Å². The molecule has 0 spiro atoms. The summed E-state index contributed by atoms with van der Waals surface area (Å²) in [5.74, 6) is 0.924. The molecule has 0 fully saturated rings. The first kappa shape index (κ1) is 11.0. The number of rotatable bonds is 3. The van der Waals surface area contributed by atoms with E-state index in [1.165, 1.54) is 0 Å². The summed E-state index contributed by atoms with van der Waals surface area (Å²) in [6, 6.07) is 7.66. The number of benzene rings is 1. The second-order valence-electron chi connectivity index (χ2n) is 3.82. The molecule has 1 aliphatic heterocycles. The van der Waals surface area contributed by atoms with E-state index in [0.717, 1.165) is 17.0 Å². The van der Waals surface area contributed by atoms with Crippen molar-refractivity contribution < 1.29 is 14.7 Å². The van der Waals surface area contributed by atoms with Crippen LogP contribution in [0.2, 0.25) is 0 Å². The zero-order valence-corrected chi connectivity index (χ0v) is 9.38. The summed E-state index contributed by atoms with van der Waals surface area (Å²) in [7, 11) is 1.63. The van der Waals surface area contributed by atoms with Gasteiger partial charge in [-0.1, -0.05) is 12.1 Å². The van der Waals surface area contributed by atoms with E-state index < -0.39 is 0 Å². The Hall–Kier alpha value is -1.55. The number of aliphatic hydroxyl groups is 1. The summed E-state index contributed by atoms with van der Waals surface area (Å²) in [4.78, 5) is 5.14. The molecule has 86 valence electrons. The highest BCUT2D eigenvalue weighted by Gasteiger charge is 2.30. The van der Waals surface area contributed by atoms with Crippen LogP contribution in [0.15, 0.2) is 29.4 Å². The van der Waals surface area contributed by atoms with Crippen LogP contribution in [-0.4, -0.2) is 30.6 Å². The van der Waals surface area contributed by atoms with Crippen molar-refractivity contribution in [3.05, 3.63) is 29.8 Å². The highest BCUT2D eigenvalue weighted by molar-refractivity contribution is 6.02. The zero-order chi connectivity index (χ0) is 11.5. The van der Waals surface area contributed by atoms with Gasteiger partial charge in [-0.15, -0.1) is 0 Å². The molecule has 1 aliphatic rings. The Morgan fingerprint density at radius 2 is 2.06 bits per heavy atom.